The highest BCUT2D eigenvalue weighted by atomic mass is 16.4. The topological polar surface area (TPSA) is 115 Å². The summed E-state index contributed by atoms with van der Waals surface area (Å²) in [6.07, 6.45) is 1.22. The Bertz CT molecular complexity index is 958. The van der Waals surface area contributed by atoms with Gasteiger partial charge in [0.2, 0.25) is 5.91 Å². The Kier molecular flexibility index (Phi) is 4.70. The summed E-state index contributed by atoms with van der Waals surface area (Å²) in [5.41, 5.74) is 1.69. The molecule has 0 spiro atoms. The second kappa shape index (κ2) is 6.95. The number of fused-ring (bicyclic) bond motifs is 1. The third-order valence-corrected chi connectivity index (χ3v) is 3.97. The summed E-state index contributed by atoms with van der Waals surface area (Å²) in [6.45, 7) is 5.87. The van der Waals surface area contributed by atoms with E-state index in [2.05, 4.69) is 39.0 Å². The lowest BCUT2D eigenvalue weighted by atomic mass is 10.2. The lowest BCUT2D eigenvalue weighted by Gasteiger charge is -2.18. The molecular formula is C17H20N6O3. The third kappa shape index (κ3) is 3.41. The number of nitrogens with one attached hydrogen (secondary N) is 1. The number of rotatable bonds is 6. The van der Waals surface area contributed by atoms with Gasteiger partial charge in [0.05, 0.1) is 23.3 Å². The molecule has 1 aromatic carbocycles. The zero-order chi connectivity index (χ0) is 18.8. The van der Waals surface area contributed by atoms with E-state index in [0.717, 1.165) is 16.9 Å². The Morgan fingerprint density at radius 3 is 2.62 bits per heavy atom. The Morgan fingerprint density at radius 2 is 1.96 bits per heavy atom. The van der Waals surface area contributed by atoms with Gasteiger partial charge in [-0.05, 0) is 32.9 Å². The van der Waals surface area contributed by atoms with E-state index in [9.17, 15) is 9.59 Å². The summed E-state index contributed by atoms with van der Waals surface area (Å²) < 4.78 is 3.29. The van der Waals surface area contributed by atoms with Crippen molar-refractivity contribution in [2.24, 2.45) is 0 Å². The molecule has 3 rings (SSSR count). The van der Waals surface area contributed by atoms with Gasteiger partial charge in [-0.2, -0.15) is 0 Å². The second-order valence-electron chi connectivity index (χ2n) is 6.32. The van der Waals surface area contributed by atoms with Crippen molar-refractivity contribution in [3.8, 4) is 0 Å². The van der Waals surface area contributed by atoms with Gasteiger partial charge in [0, 0.05) is 6.04 Å². The molecule has 0 aliphatic heterocycles. The Hall–Kier alpha value is -3.23. The minimum Gasteiger partial charge on any atom is -0.476 e. The van der Waals surface area contributed by atoms with Crippen molar-refractivity contribution in [3.63, 3.8) is 0 Å². The van der Waals surface area contributed by atoms with Crippen LogP contribution in [0.2, 0.25) is 0 Å². The highest BCUT2D eigenvalue weighted by molar-refractivity contribution is 5.85. The fraction of sp³-hybridized carbons (Fsp3) is 0.353. The van der Waals surface area contributed by atoms with Gasteiger partial charge >= 0.3 is 5.97 Å². The number of amides is 1. The van der Waals surface area contributed by atoms with E-state index in [1.807, 2.05) is 31.2 Å². The summed E-state index contributed by atoms with van der Waals surface area (Å²) >= 11 is 0. The van der Waals surface area contributed by atoms with Crippen LogP contribution in [0.5, 0.6) is 0 Å². The summed E-state index contributed by atoms with van der Waals surface area (Å²) in [7, 11) is 0. The molecule has 0 aliphatic rings. The summed E-state index contributed by atoms with van der Waals surface area (Å²) in [6, 6.07) is 7.70. The van der Waals surface area contributed by atoms with Gasteiger partial charge in [-0.25, -0.2) is 14.5 Å². The van der Waals surface area contributed by atoms with E-state index in [4.69, 9.17) is 5.11 Å². The number of nitrogens with zero attached hydrogens (tertiary/aromatic N) is 5. The first-order valence-electron chi connectivity index (χ1n) is 8.26. The van der Waals surface area contributed by atoms with Crippen molar-refractivity contribution in [2.45, 2.75) is 39.4 Å². The molecule has 9 heteroatoms. The Balaban J connectivity index is 1.77. The smallest absolute Gasteiger partial charge is 0.358 e. The van der Waals surface area contributed by atoms with Crippen LogP contribution in [-0.4, -0.2) is 41.5 Å². The number of carbonyl (C=O) groups excluding carboxylic acids is 1. The molecule has 26 heavy (non-hydrogen) atoms. The molecule has 0 fully saturated rings. The molecule has 0 bridgehead atoms. The van der Waals surface area contributed by atoms with Gasteiger partial charge in [-0.15, -0.1) is 5.10 Å². The van der Waals surface area contributed by atoms with Crippen molar-refractivity contribution < 1.29 is 14.7 Å². The summed E-state index contributed by atoms with van der Waals surface area (Å²) in [4.78, 5) is 27.8. The first-order chi connectivity index (χ1) is 12.4. The monoisotopic (exact) mass is 356 g/mol. The number of para-hydroxylation sites is 2. The van der Waals surface area contributed by atoms with Crippen LogP contribution >= 0.6 is 0 Å². The van der Waals surface area contributed by atoms with E-state index < -0.39 is 5.97 Å². The second-order valence-corrected chi connectivity index (χ2v) is 6.32. The predicted molar refractivity (Wildman–Crippen MR) is 93.7 cm³/mol. The zero-order valence-electron chi connectivity index (χ0n) is 14.7. The number of hydrogen-bond donors (Lipinski definition) is 2. The Labute approximate surface area is 149 Å². The van der Waals surface area contributed by atoms with Crippen molar-refractivity contribution in [1.82, 2.24) is 29.9 Å². The minimum atomic E-state index is -1.18. The van der Waals surface area contributed by atoms with Crippen LogP contribution in [0, 0.1) is 0 Å². The van der Waals surface area contributed by atoms with Gasteiger partial charge in [-0.1, -0.05) is 17.3 Å². The number of aromatic nitrogens is 5. The maximum absolute atomic E-state index is 12.3. The Morgan fingerprint density at radius 1 is 1.23 bits per heavy atom. The maximum Gasteiger partial charge on any atom is 0.358 e. The average molecular weight is 356 g/mol. The summed E-state index contributed by atoms with van der Waals surface area (Å²) in [5.74, 6) is -0.725. The minimum absolute atomic E-state index is 0.119. The van der Waals surface area contributed by atoms with E-state index in [-0.39, 0.29) is 30.2 Å². The molecule has 3 aromatic rings. The van der Waals surface area contributed by atoms with Crippen LogP contribution in [0.25, 0.3) is 11.0 Å². The molecule has 0 saturated heterocycles. The average Bonchev–Trinajstić information content (AvgIpc) is 3.18. The molecule has 0 radical (unpaired) electrons. The molecular weight excluding hydrogens is 336 g/mol. The molecule has 0 saturated carbocycles. The number of aromatic carboxylic acids is 1. The highest BCUT2D eigenvalue weighted by Gasteiger charge is 2.20. The molecule has 0 aliphatic carbocycles. The third-order valence-electron chi connectivity index (χ3n) is 3.97. The van der Waals surface area contributed by atoms with Gasteiger partial charge in [-0.3, -0.25) is 4.79 Å². The number of hydrogen-bond acceptors (Lipinski definition) is 5. The summed E-state index contributed by atoms with van der Waals surface area (Å²) in [5, 5.41) is 18.9. The van der Waals surface area contributed by atoms with Gasteiger partial charge in [0.15, 0.2) is 5.69 Å². The number of carboxylic acids is 1. The molecule has 1 atom stereocenters. The van der Waals surface area contributed by atoms with Crippen molar-refractivity contribution in [2.75, 3.05) is 0 Å². The van der Waals surface area contributed by atoms with Crippen LogP contribution in [0.1, 0.15) is 49.2 Å². The fourth-order valence-corrected chi connectivity index (χ4v) is 2.88. The normalized spacial score (nSPS) is 12.5. The quantitative estimate of drug-likeness (QED) is 0.696. The van der Waals surface area contributed by atoms with Crippen LogP contribution < -0.4 is 5.32 Å². The largest absolute Gasteiger partial charge is 0.476 e. The van der Waals surface area contributed by atoms with Gasteiger partial charge in [0.25, 0.3) is 0 Å². The van der Waals surface area contributed by atoms with Gasteiger partial charge in [0.1, 0.15) is 12.4 Å². The van der Waals surface area contributed by atoms with E-state index >= 15 is 0 Å². The molecule has 2 aromatic heterocycles. The molecule has 1 unspecified atom stereocenters. The first-order valence-corrected chi connectivity index (χ1v) is 8.26. The van der Waals surface area contributed by atoms with E-state index in [1.165, 1.54) is 10.9 Å². The maximum atomic E-state index is 12.3. The van der Waals surface area contributed by atoms with Crippen LogP contribution in [-0.2, 0) is 11.3 Å². The lowest BCUT2D eigenvalue weighted by molar-refractivity contribution is -0.122. The molecule has 2 N–H and O–H groups in total. The molecule has 2 heterocycles. The van der Waals surface area contributed by atoms with Gasteiger partial charge < -0.3 is 15.0 Å². The van der Waals surface area contributed by atoms with Crippen molar-refractivity contribution >= 4 is 22.9 Å². The van der Waals surface area contributed by atoms with Crippen molar-refractivity contribution in [3.05, 3.63) is 42.0 Å². The first kappa shape index (κ1) is 17.6. The zero-order valence-corrected chi connectivity index (χ0v) is 14.7. The standard InChI is InChI=1S/C17H20N6O3/c1-10(2)23-14-7-5-4-6-12(14)19-16(23)11(3)18-15(24)9-22-8-13(17(25)26)20-21-22/h4-8,10-11H,9H2,1-3H3,(H,18,24)(H,25,26). The SMILES string of the molecule is CC(NC(=O)Cn1cc(C(=O)O)nn1)c1nc2ccccc2n1C(C)C. The number of imidazole rings is 1. The van der Waals surface area contributed by atoms with Crippen LogP contribution in [0.15, 0.2) is 30.5 Å². The van der Waals surface area contributed by atoms with E-state index in [1.54, 1.807) is 0 Å². The lowest BCUT2D eigenvalue weighted by Crippen LogP contribution is -2.32. The van der Waals surface area contributed by atoms with Crippen molar-refractivity contribution in [1.29, 1.82) is 0 Å². The van der Waals surface area contributed by atoms with E-state index in [0.29, 0.717) is 0 Å². The fourth-order valence-electron chi connectivity index (χ4n) is 2.88. The number of carboxylic acid groups (broad SMARTS) is 1. The predicted octanol–water partition coefficient (Wildman–Crippen LogP) is 1.78. The number of benzene rings is 1. The molecule has 136 valence electrons. The van der Waals surface area contributed by atoms with Crippen LogP contribution in [0.4, 0.5) is 0 Å². The molecule has 1 amide bonds. The molecule has 9 nitrogen and oxygen atoms in total. The van der Waals surface area contributed by atoms with Crippen LogP contribution in [0.3, 0.4) is 0 Å². The highest BCUT2D eigenvalue weighted by Crippen LogP contribution is 2.24. The number of carbonyl (C=O) groups is 2.